The quantitative estimate of drug-likeness (QED) is 0.440. The topological polar surface area (TPSA) is 91.8 Å². The van der Waals surface area contributed by atoms with Crippen LogP contribution in [0.3, 0.4) is 0 Å². The summed E-state index contributed by atoms with van der Waals surface area (Å²) < 4.78 is 46.0. The predicted molar refractivity (Wildman–Crippen MR) is 124 cm³/mol. The molecule has 0 spiro atoms. The number of carbonyl (C=O) groups is 2. The number of amides is 2. The van der Waals surface area contributed by atoms with Crippen LogP contribution >= 0.6 is 0 Å². The fourth-order valence-corrected chi connectivity index (χ4v) is 3.57. The summed E-state index contributed by atoms with van der Waals surface area (Å²) in [6.07, 6.45) is 1.33. The average molecular weight is 489 g/mol. The normalized spacial score (nSPS) is 11.8. The summed E-state index contributed by atoms with van der Waals surface area (Å²) >= 11 is 0. The Bertz CT molecular complexity index is 1190. The van der Waals surface area contributed by atoms with Crippen molar-refractivity contribution in [1.82, 2.24) is 9.88 Å². The molecular weight excluding hydrogens is 463 g/mol. The van der Waals surface area contributed by atoms with Crippen LogP contribution in [0, 0.1) is 17.5 Å². The van der Waals surface area contributed by atoms with Crippen molar-refractivity contribution in [2.45, 2.75) is 31.7 Å². The largest absolute Gasteiger partial charge is 0.447 e. The number of ether oxygens (including phenoxy) is 1. The maximum atomic E-state index is 13.9. The summed E-state index contributed by atoms with van der Waals surface area (Å²) in [5.41, 5.74) is 0.0945. The Labute approximate surface area is 200 Å². The molecule has 3 aromatic rings. The van der Waals surface area contributed by atoms with E-state index in [2.05, 4.69) is 10.3 Å². The molecule has 10 heteroatoms. The standard InChI is InChI=1S/C25H26F3N3O4/c1-31(23(33)10-8-16-4-2-6-21(27)24(16)28)20(5-3-11-32)15-35-25(34)30-22-13-18-12-19(26)9-7-17(18)14-29-22/h2,4,6-7,9,12-14,20,32H,3,5,8,10-11,15H2,1H3,(H,29,30,34)/t20-/m0/s1. The van der Waals surface area contributed by atoms with Crippen LogP contribution in [0.5, 0.6) is 0 Å². The van der Waals surface area contributed by atoms with Gasteiger partial charge in [0.1, 0.15) is 18.2 Å². The molecular formula is C25H26F3N3O4. The molecule has 1 atom stereocenters. The van der Waals surface area contributed by atoms with E-state index in [1.807, 2.05) is 0 Å². The zero-order chi connectivity index (χ0) is 25.4. The molecule has 2 N–H and O–H groups in total. The number of pyridine rings is 1. The van der Waals surface area contributed by atoms with Crippen LogP contribution in [0.25, 0.3) is 10.8 Å². The number of aryl methyl sites for hydroxylation is 1. The Kier molecular flexibility index (Phi) is 9.02. The molecule has 0 aliphatic rings. The van der Waals surface area contributed by atoms with E-state index >= 15 is 0 Å². The molecule has 7 nitrogen and oxygen atoms in total. The SMILES string of the molecule is CN(C(=O)CCc1cccc(F)c1F)[C@@H](CCCO)COC(=O)Nc1cc2cc(F)ccc2cn1. The van der Waals surface area contributed by atoms with Crippen molar-refractivity contribution in [2.24, 2.45) is 0 Å². The average Bonchev–Trinajstić information content (AvgIpc) is 2.84. The number of nitrogens with one attached hydrogen (secondary N) is 1. The van der Waals surface area contributed by atoms with Crippen LogP contribution in [0.2, 0.25) is 0 Å². The Balaban J connectivity index is 1.57. The maximum absolute atomic E-state index is 13.9. The number of rotatable bonds is 10. The molecule has 1 aromatic heterocycles. The number of hydrogen-bond acceptors (Lipinski definition) is 5. The summed E-state index contributed by atoms with van der Waals surface area (Å²) in [4.78, 5) is 30.4. The van der Waals surface area contributed by atoms with Crippen molar-refractivity contribution in [3.05, 3.63) is 71.7 Å². The molecule has 0 aliphatic heterocycles. The van der Waals surface area contributed by atoms with E-state index < -0.39 is 29.6 Å². The lowest BCUT2D eigenvalue weighted by Gasteiger charge is -2.28. The number of carbonyl (C=O) groups excluding carboxylic acids is 2. The molecule has 186 valence electrons. The lowest BCUT2D eigenvalue weighted by atomic mass is 10.1. The third kappa shape index (κ3) is 7.16. The highest BCUT2D eigenvalue weighted by molar-refractivity contribution is 5.89. The van der Waals surface area contributed by atoms with Gasteiger partial charge >= 0.3 is 6.09 Å². The van der Waals surface area contributed by atoms with Gasteiger partial charge in [0, 0.05) is 31.7 Å². The number of fused-ring (bicyclic) bond motifs is 1. The van der Waals surface area contributed by atoms with E-state index in [1.54, 1.807) is 6.07 Å². The number of aromatic nitrogens is 1. The number of halogens is 3. The molecule has 0 unspecified atom stereocenters. The minimum absolute atomic E-state index is 0.00899. The highest BCUT2D eigenvalue weighted by Crippen LogP contribution is 2.19. The van der Waals surface area contributed by atoms with Gasteiger partial charge in [0.25, 0.3) is 0 Å². The molecule has 0 bridgehead atoms. The number of aliphatic hydroxyl groups is 1. The van der Waals surface area contributed by atoms with Crippen molar-refractivity contribution < 1.29 is 32.6 Å². The number of hydrogen-bond donors (Lipinski definition) is 2. The van der Waals surface area contributed by atoms with E-state index in [1.165, 1.54) is 48.5 Å². The molecule has 1 heterocycles. The first-order valence-electron chi connectivity index (χ1n) is 11.1. The van der Waals surface area contributed by atoms with Gasteiger partial charge in [-0.1, -0.05) is 12.1 Å². The summed E-state index contributed by atoms with van der Waals surface area (Å²) in [5, 5.41) is 12.9. The van der Waals surface area contributed by atoms with E-state index in [9.17, 15) is 27.9 Å². The third-order valence-corrected chi connectivity index (χ3v) is 5.60. The van der Waals surface area contributed by atoms with Crippen LogP contribution < -0.4 is 5.32 Å². The summed E-state index contributed by atoms with van der Waals surface area (Å²) in [6, 6.07) is 8.95. The Morgan fingerprint density at radius 1 is 1.14 bits per heavy atom. The first-order chi connectivity index (χ1) is 16.8. The van der Waals surface area contributed by atoms with Gasteiger partial charge in [-0.2, -0.15) is 0 Å². The predicted octanol–water partition coefficient (Wildman–Crippen LogP) is 4.43. The summed E-state index contributed by atoms with van der Waals surface area (Å²) in [6.45, 7) is -0.276. The van der Waals surface area contributed by atoms with Gasteiger partial charge in [-0.25, -0.2) is 22.9 Å². The van der Waals surface area contributed by atoms with Crippen molar-refractivity contribution in [3.63, 3.8) is 0 Å². The van der Waals surface area contributed by atoms with Crippen LogP contribution in [-0.2, 0) is 16.0 Å². The fourth-order valence-electron chi connectivity index (χ4n) is 3.57. The Hall–Kier alpha value is -3.66. The lowest BCUT2D eigenvalue weighted by Crippen LogP contribution is -2.41. The van der Waals surface area contributed by atoms with Crippen molar-refractivity contribution in [3.8, 4) is 0 Å². The monoisotopic (exact) mass is 489 g/mol. The summed E-state index contributed by atoms with van der Waals surface area (Å²) in [5.74, 6) is -2.56. The molecule has 2 amide bonds. The van der Waals surface area contributed by atoms with E-state index in [-0.39, 0.29) is 43.3 Å². The molecule has 0 aliphatic carbocycles. The first-order valence-corrected chi connectivity index (χ1v) is 11.1. The molecule has 0 saturated heterocycles. The second-order valence-electron chi connectivity index (χ2n) is 8.02. The van der Waals surface area contributed by atoms with Gasteiger partial charge in [-0.05, 0) is 60.5 Å². The Morgan fingerprint density at radius 2 is 1.94 bits per heavy atom. The zero-order valence-corrected chi connectivity index (χ0v) is 19.1. The number of likely N-dealkylation sites (N-methyl/N-ethyl adjacent to an activating group) is 1. The van der Waals surface area contributed by atoms with E-state index in [0.717, 1.165) is 6.07 Å². The number of aliphatic hydroxyl groups excluding tert-OH is 1. The smallest absolute Gasteiger partial charge is 0.412 e. The van der Waals surface area contributed by atoms with E-state index in [0.29, 0.717) is 23.6 Å². The van der Waals surface area contributed by atoms with Gasteiger partial charge in [0.05, 0.1) is 6.04 Å². The van der Waals surface area contributed by atoms with Crippen LogP contribution in [0.4, 0.5) is 23.8 Å². The highest BCUT2D eigenvalue weighted by Gasteiger charge is 2.22. The van der Waals surface area contributed by atoms with Crippen molar-refractivity contribution in [2.75, 3.05) is 25.6 Å². The zero-order valence-electron chi connectivity index (χ0n) is 19.1. The van der Waals surface area contributed by atoms with E-state index in [4.69, 9.17) is 4.74 Å². The van der Waals surface area contributed by atoms with Crippen molar-refractivity contribution in [1.29, 1.82) is 0 Å². The van der Waals surface area contributed by atoms with Crippen molar-refractivity contribution >= 4 is 28.6 Å². The van der Waals surface area contributed by atoms with Crippen LogP contribution in [-0.4, -0.2) is 53.3 Å². The minimum atomic E-state index is -0.982. The molecule has 3 rings (SSSR count). The molecule has 0 radical (unpaired) electrons. The Morgan fingerprint density at radius 3 is 2.71 bits per heavy atom. The van der Waals surface area contributed by atoms with Gasteiger partial charge in [0.2, 0.25) is 5.91 Å². The molecule has 0 fully saturated rings. The van der Waals surface area contributed by atoms with Crippen LogP contribution in [0.15, 0.2) is 48.7 Å². The third-order valence-electron chi connectivity index (χ3n) is 5.60. The van der Waals surface area contributed by atoms with Gasteiger partial charge in [-0.15, -0.1) is 0 Å². The lowest BCUT2D eigenvalue weighted by molar-refractivity contribution is -0.133. The number of nitrogens with zero attached hydrogens (tertiary/aromatic N) is 2. The summed E-state index contributed by atoms with van der Waals surface area (Å²) in [7, 11) is 1.52. The van der Waals surface area contributed by atoms with Gasteiger partial charge in [-0.3, -0.25) is 10.1 Å². The highest BCUT2D eigenvalue weighted by atomic mass is 19.2. The molecule has 2 aromatic carbocycles. The van der Waals surface area contributed by atoms with Gasteiger partial charge in [0.15, 0.2) is 11.6 Å². The van der Waals surface area contributed by atoms with Gasteiger partial charge < -0.3 is 14.7 Å². The number of benzene rings is 2. The number of anilines is 1. The fraction of sp³-hybridized carbons (Fsp3) is 0.320. The second-order valence-corrected chi connectivity index (χ2v) is 8.02. The first kappa shape index (κ1) is 26.0. The maximum Gasteiger partial charge on any atom is 0.412 e. The second kappa shape index (κ2) is 12.2. The minimum Gasteiger partial charge on any atom is -0.447 e. The molecule has 0 saturated carbocycles. The van der Waals surface area contributed by atoms with Crippen LogP contribution in [0.1, 0.15) is 24.8 Å². The molecule has 35 heavy (non-hydrogen) atoms.